The standard InChI is InChI=1S/C18H17N3O2/c22-17(18-2-1-5-23-18)8-16-7-14-6-12(15-10-20-21-11-15)3-4-13(14)9-19-16/h3-4,6-7,9-11,18H,1-2,5,8H2,(H,20,21)/t18-/m1/s1. The summed E-state index contributed by atoms with van der Waals surface area (Å²) in [4.78, 5) is 16.6. The Morgan fingerprint density at radius 3 is 2.96 bits per heavy atom. The molecule has 1 aliphatic rings. The molecule has 4 rings (SSSR count). The molecule has 0 saturated carbocycles. The molecule has 5 nitrogen and oxygen atoms in total. The molecular weight excluding hydrogens is 290 g/mol. The van der Waals surface area contributed by atoms with Crippen molar-refractivity contribution in [3.63, 3.8) is 0 Å². The Balaban J connectivity index is 1.62. The highest BCUT2D eigenvalue weighted by Gasteiger charge is 2.23. The molecule has 1 saturated heterocycles. The van der Waals surface area contributed by atoms with Crippen molar-refractivity contribution in [3.05, 3.63) is 48.5 Å². The minimum Gasteiger partial charge on any atom is -0.370 e. The quantitative estimate of drug-likeness (QED) is 0.804. The maximum absolute atomic E-state index is 12.2. The van der Waals surface area contributed by atoms with Gasteiger partial charge in [-0.25, -0.2) is 0 Å². The maximum atomic E-state index is 12.2. The number of fused-ring (bicyclic) bond motifs is 1. The Morgan fingerprint density at radius 2 is 2.17 bits per heavy atom. The third-order valence-corrected chi connectivity index (χ3v) is 4.25. The van der Waals surface area contributed by atoms with Gasteiger partial charge in [-0.2, -0.15) is 5.10 Å². The minimum atomic E-state index is -0.246. The van der Waals surface area contributed by atoms with Crippen molar-refractivity contribution in [1.82, 2.24) is 15.2 Å². The van der Waals surface area contributed by atoms with Gasteiger partial charge in [0.2, 0.25) is 0 Å². The monoisotopic (exact) mass is 307 g/mol. The number of hydrogen-bond donors (Lipinski definition) is 1. The zero-order valence-corrected chi connectivity index (χ0v) is 12.7. The fourth-order valence-corrected chi connectivity index (χ4v) is 3.00. The third-order valence-electron chi connectivity index (χ3n) is 4.25. The van der Waals surface area contributed by atoms with Gasteiger partial charge in [-0.05, 0) is 35.9 Å². The van der Waals surface area contributed by atoms with Gasteiger partial charge in [-0.1, -0.05) is 12.1 Å². The Kier molecular flexibility index (Phi) is 3.63. The molecule has 1 N–H and O–H groups in total. The molecule has 0 spiro atoms. The number of hydrogen-bond acceptors (Lipinski definition) is 4. The normalized spacial score (nSPS) is 17.7. The third kappa shape index (κ3) is 2.87. The summed E-state index contributed by atoms with van der Waals surface area (Å²) in [5, 5.41) is 8.95. The number of carbonyl (C=O) groups is 1. The Hall–Kier alpha value is -2.53. The van der Waals surface area contributed by atoms with E-state index in [4.69, 9.17) is 4.74 Å². The van der Waals surface area contributed by atoms with E-state index in [2.05, 4.69) is 21.2 Å². The van der Waals surface area contributed by atoms with E-state index in [-0.39, 0.29) is 11.9 Å². The maximum Gasteiger partial charge on any atom is 0.167 e. The predicted octanol–water partition coefficient (Wildman–Crippen LogP) is 2.92. The molecule has 0 aliphatic carbocycles. The van der Waals surface area contributed by atoms with Crippen molar-refractivity contribution < 1.29 is 9.53 Å². The molecule has 0 radical (unpaired) electrons. The number of ketones is 1. The smallest absolute Gasteiger partial charge is 0.167 e. The van der Waals surface area contributed by atoms with Crippen LogP contribution in [0.2, 0.25) is 0 Å². The summed E-state index contributed by atoms with van der Waals surface area (Å²) in [5.41, 5.74) is 2.93. The van der Waals surface area contributed by atoms with Crippen LogP contribution in [0.4, 0.5) is 0 Å². The topological polar surface area (TPSA) is 67.9 Å². The number of pyridine rings is 1. The molecule has 0 amide bonds. The van der Waals surface area contributed by atoms with Crippen LogP contribution >= 0.6 is 0 Å². The summed E-state index contributed by atoms with van der Waals surface area (Å²) >= 11 is 0. The zero-order chi connectivity index (χ0) is 15.6. The molecule has 1 aromatic carbocycles. The van der Waals surface area contributed by atoms with Crippen molar-refractivity contribution in [3.8, 4) is 11.1 Å². The van der Waals surface area contributed by atoms with Gasteiger partial charge in [0.25, 0.3) is 0 Å². The molecule has 1 atom stereocenters. The number of nitrogens with one attached hydrogen (secondary N) is 1. The zero-order valence-electron chi connectivity index (χ0n) is 12.7. The first-order chi connectivity index (χ1) is 11.3. The van der Waals surface area contributed by atoms with Gasteiger partial charge in [-0.3, -0.25) is 14.9 Å². The van der Waals surface area contributed by atoms with Crippen LogP contribution in [0.3, 0.4) is 0 Å². The summed E-state index contributed by atoms with van der Waals surface area (Å²) in [5.74, 6) is 0.125. The van der Waals surface area contributed by atoms with E-state index >= 15 is 0 Å². The van der Waals surface area contributed by atoms with Gasteiger partial charge in [0.05, 0.1) is 12.6 Å². The van der Waals surface area contributed by atoms with Crippen LogP contribution in [-0.4, -0.2) is 33.7 Å². The lowest BCUT2D eigenvalue weighted by Crippen LogP contribution is -2.21. The van der Waals surface area contributed by atoms with Crippen molar-refractivity contribution >= 4 is 16.6 Å². The summed E-state index contributed by atoms with van der Waals surface area (Å²) in [6.07, 6.45) is 7.37. The van der Waals surface area contributed by atoms with E-state index in [1.165, 1.54) is 0 Å². The van der Waals surface area contributed by atoms with E-state index < -0.39 is 0 Å². The van der Waals surface area contributed by atoms with E-state index in [9.17, 15) is 4.79 Å². The van der Waals surface area contributed by atoms with Gasteiger partial charge in [0.1, 0.15) is 6.10 Å². The molecule has 2 aromatic heterocycles. The second-order valence-electron chi connectivity index (χ2n) is 5.87. The van der Waals surface area contributed by atoms with Gasteiger partial charge in [0.15, 0.2) is 5.78 Å². The summed E-state index contributed by atoms with van der Waals surface area (Å²) in [6, 6.07) is 8.18. The number of rotatable bonds is 4. The largest absolute Gasteiger partial charge is 0.370 e. The predicted molar refractivity (Wildman–Crippen MR) is 87.0 cm³/mol. The number of carbonyl (C=O) groups excluding carboxylic acids is 1. The average molecular weight is 307 g/mol. The molecule has 3 heterocycles. The average Bonchev–Trinajstić information content (AvgIpc) is 3.27. The second kappa shape index (κ2) is 5.93. The van der Waals surface area contributed by atoms with Crippen molar-refractivity contribution in [2.45, 2.75) is 25.4 Å². The van der Waals surface area contributed by atoms with Gasteiger partial charge >= 0.3 is 0 Å². The van der Waals surface area contributed by atoms with E-state index in [1.54, 1.807) is 6.20 Å². The van der Waals surface area contributed by atoms with E-state index in [0.29, 0.717) is 13.0 Å². The first kappa shape index (κ1) is 14.1. The highest BCUT2D eigenvalue weighted by Crippen LogP contribution is 2.24. The molecule has 5 heteroatoms. The number of aromatic nitrogens is 3. The SMILES string of the molecule is O=C(Cc1cc2cc(-c3cn[nH]c3)ccc2cn1)[C@H]1CCCO1. The Morgan fingerprint density at radius 1 is 1.22 bits per heavy atom. The lowest BCUT2D eigenvalue weighted by molar-refractivity contribution is -0.127. The molecule has 23 heavy (non-hydrogen) atoms. The molecule has 1 fully saturated rings. The highest BCUT2D eigenvalue weighted by molar-refractivity contribution is 5.89. The number of nitrogens with zero attached hydrogens (tertiary/aromatic N) is 2. The molecule has 0 unspecified atom stereocenters. The fraction of sp³-hybridized carbons (Fsp3) is 0.278. The lowest BCUT2D eigenvalue weighted by atomic mass is 10.0. The van der Waals surface area contributed by atoms with Crippen LogP contribution in [-0.2, 0) is 16.0 Å². The number of ether oxygens (including phenoxy) is 1. The highest BCUT2D eigenvalue weighted by atomic mass is 16.5. The fourth-order valence-electron chi connectivity index (χ4n) is 3.00. The van der Waals surface area contributed by atoms with Gasteiger partial charge < -0.3 is 4.74 Å². The molecule has 116 valence electrons. The summed E-state index contributed by atoms with van der Waals surface area (Å²) in [6.45, 7) is 0.690. The van der Waals surface area contributed by atoms with Gasteiger partial charge in [0, 0.05) is 35.6 Å². The van der Waals surface area contributed by atoms with Crippen molar-refractivity contribution in [1.29, 1.82) is 0 Å². The second-order valence-corrected chi connectivity index (χ2v) is 5.87. The van der Waals surface area contributed by atoms with Crippen LogP contribution in [0.15, 0.2) is 42.9 Å². The van der Waals surface area contributed by atoms with Crippen molar-refractivity contribution in [2.24, 2.45) is 0 Å². The first-order valence-electron chi connectivity index (χ1n) is 7.82. The molecule has 1 aliphatic heterocycles. The first-order valence-corrected chi connectivity index (χ1v) is 7.82. The van der Waals surface area contributed by atoms with Crippen molar-refractivity contribution in [2.75, 3.05) is 6.61 Å². The molecule has 0 bridgehead atoms. The number of H-pyrrole nitrogens is 1. The number of aromatic amines is 1. The van der Waals surface area contributed by atoms with Crippen LogP contribution in [0.1, 0.15) is 18.5 Å². The number of Topliss-reactive ketones (excluding diaryl/α,β-unsaturated/α-hetero) is 1. The Bertz CT molecular complexity index is 837. The van der Waals surface area contributed by atoms with E-state index in [0.717, 1.165) is 40.4 Å². The molecular formula is C18H17N3O2. The van der Waals surface area contributed by atoms with E-state index in [1.807, 2.05) is 30.6 Å². The lowest BCUT2D eigenvalue weighted by Gasteiger charge is -2.08. The summed E-state index contributed by atoms with van der Waals surface area (Å²) < 4.78 is 5.45. The molecule has 3 aromatic rings. The van der Waals surface area contributed by atoms with Crippen LogP contribution in [0.25, 0.3) is 21.9 Å². The van der Waals surface area contributed by atoms with Gasteiger partial charge in [-0.15, -0.1) is 0 Å². The Labute approximate surface area is 133 Å². The van der Waals surface area contributed by atoms with Crippen LogP contribution in [0.5, 0.6) is 0 Å². The summed E-state index contributed by atoms with van der Waals surface area (Å²) in [7, 11) is 0. The van der Waals surface area contributed by atoms with Crippen LogP contribution < -0.4 is 0 Å². The number of benzene rings is 1. The minimum absolute atomic E-state index is 0.125. The van der Waals surface area contributed by atoms with Crippen LogP contribution in [0, 0.1) is 0 Å².